The summed E-state index contributed by atoms with van der Waals surface area (Å²) in [4.78, 5) is 22.7. The molecule has 2 aromatic heterocycles. The molecule has 0 radical (unpaired) electrons. The monoisotopic (exact) mass is 448 g/mol. The molecule has 0 aliphatic heterocycles. The molecular weight excluding hydrogens is 423 g/mol. The summed E-state index contributed by atoms with van der Waals surface area (Å²) in [5.41, 5.74) is 5.01. The fourth-order valence-corrected chi connectivity index (χ4v) is 3.03. The third-order valence-electron chi connectivity index (χ3n) is 4.57. The Morgan fingerprint density at radius 1 is 1.21 bits per heavy atom. The molecule has 2 heterocycles. The second-order valence-corrected chi connectivity index (χ2v) is 6.87. The Balaban J connectivity index is 0.000000257. The Morgan fingerprint density at radius 3 is 2.64 bits per heavy atom. The molecule has 0 saturated heterocycles. The van der Waals surface area contributed by atoms with Crippen LogP contribution in [-0.4, -0.2) is 40.4 Å². The van der Waals surface area contributed by atoms with Crippen molar-refractivity contribution in [1.29, 1.82) is 0 Å². The number of imidazole rings is 1. The average molecular weight is 449 g/mol. The smallest absolute Gasteiger partial charge is 0.211 e. The molecule has 4 rings (SSSR count). The standard InChI is InChI=1S/C17H19N5O.C7H6FNO/c1-4-19-15(18-3)8-6-13-5-7-14(16-17(13)23-11-21-16)22-9-12(2)20-10-22;8-6-1-3-7(4-2-6)9-5-10/h5-11H,4H2,1-3H3,(H,18,19);1-5H,(H,9,10)/b8-6+;. The minimum absolute atomic E-state index is 0.309. The maximum atomic E-state index is 12.2. The lowest BCUT2D eigenvalue weighted by Gasteiger charge is -2.05. The zero-order valence-corrected chi connectivity index (χ0v) is 18.6. The number of halogens is 1. The maximum absolute atomic E-state index is 12.2. The number of nitrogens with zero attached hydrogens (tertiary/aromatic N) is 4. The van der Waals surface area contributed by atoms with E-state index in [1.807, 2.05) is 48.9 Å². The molecule has 0 saturated carbocycles. The molecule has 170 valence electrons. The number of fused-ring (bicyclic) bond motifs is 1. The highest BCUT2D eigenvalue weighted by Gasteiger charge is 2.11. The number of amides is 1. The third-order valence-corrected chi connectivity index (χ3v) is 4.57. The maximum Gasteiger partial charge on any atom is 0.211 e. The van der Waals surface area contributed by atoms with Gasteiger partial charge < -0.3 is 19.6 Å². The number of hydrogen-bond acceptors (Lipinski definition) is 5. The van der Waals surface area contributed by atoms with E-state index >= 15 is 0 Å². The molecule has 1 amide bonds. The normalized spacial score (nSPS) is 11.3. The van der Waals surface area contributed by atoms with E-state index < -0.39 is 0 Å². The number of aliphatic imine (C=N–C) groups is 1. The molecule has 9 heteroatoms. The van der Waals surface area contributed by atoms with Crippen LogP contribution in [0.5, 0.6) is 0 Å². The quantitative estimate of drug-likeness (QED) is 0.259. The molecule has 0 spiro atoms. The number of anilines is 1. The van der Waals surface area contributed by atoms with Crippen molar-refractivity contribution in [3.63, 3.8) is 0 Å². The number of oxazole rings is 1. The van der Waals surface area contributed by atoms with Crippen molar-refractivity contribution in [2.24, 2.45) is 4.99 Å². The van der Waals surface area contributed by atoms with E-state index in [2.05, 4.69) is 25.6 Å². The molecule has 4 aromatic rings. The van der Waals surface area contributed by atoms with Crippen molar-refractivity contribution < 1.29 is 13.6 Å². The number of aryl methyl sites for hydroxylation is 1. The van der Waals surface area contributed by atoms with Gasteiger partial charge in [-0.2, -0.15) is 0 Å². The van der Waals surface area contributed by atoms with Gasteiger partial charge in [-0.15, -0.1) is 0 Å². The van der Waals surface area contributed by atoms with E-state index in [1.54, 1.807) is 13.4 Å². The van der Waals surface area contributed by atoms with E-state index in [-0.39, 0.29) is 5.82 Å². The lowest BCUT2D eigenvalue weighted by Crippen LogP contribution is -2.20. The number of carbonyl (C=O) groups excluding carboxylic acids is 1. The van der Waals surface area contributed by atoms with Crippen LogP contribution in [0.25, 0.3) is 22.9 Å². The Kier molecular flexibility index (Phi) is 8.07. The average Bonchev–Trinajstić information content (AvgIpc) is 3.48. The van der Waals surface area contributed by atoms with Gasteiger partial charge in [-0.05, 0) is 62.4 Å². The van der Waals surface area contributed by atoms with E-state index in [4.69, 9.17) is 4.42 Å². The van der Waals surface area contributed by atoms with Gasteiger partial charge in [0, 0.05) is 31.0 Å². The number of rotatable bonds is 6. The summed E-state index contributed by atoms with van der Waals surface area (Å²) in [6, 6.07) is 9.57. The first-order valence-corrected chi connectivity index (χ1v) is 10.3. The van der Waals surface area contributed by atoms with Crippen molar-refractivity contribution in [2.45, 2.75) is 13.8 Å². The summed E-state index contributed by atoms with van der Waals surface area (Å²) in [6.07, 6.45) is 9.66. The van der Waals surface area contributed by atoms with Gasteiger partial charge in [-0.3, -0.25) is 9.79 Å². The van der Waals surface area contributed by atoms with Gasteiger partial charge in [0.05, 0.1) is 17.7 Å². The van der Waals surface area contributed by atoms with Crippen molar-refractivity contribution in [2.75, 3.05) is 18.9 Å². The molecule has 0 atom stereocenters. The van der Waals surface area contributed by atoms with E-state index in [0.29, 0.717) is 12.1 Å². The summed E-state index contributed by atoms with van der Waals surface area (Å²) in [7, 11) is 1.76. The lowest BCUT2D eigenvalue weighted by atomic mass is 10.1. The van der Waals surface area contributed by atoms with Gasteiger partial charge in [0.1, 0.15) is 17.2 Å². The van der Waals surface area contributed by atoms with Gasteiger partial charge in [-0.1, -0.05) is 0 Å². The van der Waals surface area contributed by atoms with Crippen molar-refractivity contribution >= 4 is 35.1 Å². The number of nitrogens with one attached hydrogen (secondary N) is 2. The number of hydrogen-bond donors (Lipinski definition) is 2. The number of aromatic nitrogens is 3. The molecule has 0 fully saturated rings. The highest BCUT2D eigenvalue weighted by atomic mass is 19.1. The van der Waals surface area contributed by atoms with E-state index in [9.17, 15) is 9.18 Å². The molecule has 2 N–H and O–H groups in total. The largest absolute Gasteiger partial charge is 0.443 e. The molecule has 0 bridgehead atoms. The number of likely N-dealkylation sites (N-methyl/N-ethyl adjacent to an activating group) is 1. The van der Waals surface area contributed by atoms with Gasteiger partial charge >= 0.3 is 0 Å². The van der Waals surface area contributed by atoms with Crippen LogP contribution < -0.4 is 10.6 Å². The first-order chi connectivity index (χ1) is 16.0. The summed E-state index contributed by atoms with van der Waals surface area (Å²) < 4.78 is 19.7. The van der Waals surface area contributed by atoms with Crippen LogP contribution in [0.2, 0.25) is 0 Å². The van der Waals surface area contributed by atoms with Crippen LogP contribution in [0.3, 0.4) is 0 Å². The molecule has 0 aliphatic rings. The van der Waals surface area contributed by atoms with Crippen LogP contribution in [-0.2, 0) is 4.79 Å². The SMILES string of the molecule is CCNC(/C=C/c1ccc(-n2cnc(C)c2)c2ncoc12)=NC.O=CNc1ccc(F)cc1. The molecule has 33 heavy (non-hydrogen) atoms. The minimum atomic E-state index is -0.309. The number of amidine groups is 1. The zero-order valence-electron chi connectivity index (χ0n) is 18.6. The third kappa shape index (κ3) is 6.13. The first-order valence-electron chi connectivity index (χ1n) is 10.3. The highest BCUT2D eigenvalue weighted by molar-refractivity contribution is 5.98. The Labute approximate surface area is 190 Å². The van der Waals surface area contributed by atoms with Crippen LogP contribution in [0, 0.1) is 12.7 Å². The predicted molar refractivity (Wildman–Crippen MR) is 128 cm³/mol. The van der Waals surface area contributed by atoms with Gasteiger partial charge in [0.15, 0.2) is 12.0 Å². The zero-order chi connectivity index (χ0) is 23.6. The minimum Gasteiger partial charge on any atom is -0.443 e. The predicted octanol–water partition coefficient (Wildman–Crippen LogP) is 4.37. The van der Waals surface area contributed by atoms with E-state index in [0.717, 1.165) is 40.4 Å². The Bertz CT molecular complexity index is 1260. The van der Waals surface area contributed by atoms with Gasteiger partial charge in [-0.25, -0.2) is 14.4 Å². The molecule has 2 aromatic carbocycles. The fourth-order valence-electron chi connectivity index (χ4n) is 3.03. The highest BCUT2D eigenvalue weighted by Crippen LogP contribution is 2.25. The molecule has 0 unspecified atom stereocenters. The summed E-state index contributed by atoms with van der Waals surface area (Å²) in [5, 5.41) is 5.58. The van der Waals surface area contributed by atoms with Crippen molar-refractivity contribution in [3.05, 3.63) is 78.5 Å². The van der Waals surface area contributed by atoms with Crippen LogP contribution in [0.4, 0.5) is 10.1 Å². The fraction of sp³-hybridized carbons (Fsp3) is 0.167. The van der Waals surface area contributed by atoms with Crippen molar-refractivity contribution in [3.8, 4) is 5.69 Å². The van der Waals surface area contributed by atoms with Gasteiger partial charge in [0.2, 0.25) is 6.41 Å². The second-order valence-electron chi connectivity index (χ2n) is 6.87. The molecular formula is C24H25FN6O2. The Hall–Kier alpha value is -4.27. The lowest BCUT2D eigenvalue weighted by molar-refractivity contribution is -0.105. The van der Waals surface area contributed by atoms with Crippen LogP contribution in [0.1, 0.15) is 18.2 Å². The Morgan fingerprint density at radius 2 is 2.00 bits per heavy atom. The van der Waals surface area contributed by atoms with Crippen LogP contribution >= 0.6 is 0 Å². The summed E-state index contributed by atoms with van der Waals surface area (Å²) in [6.45, 7) is 4.82. The molecule has 0 aliphatic carbocycles. The topological polar surface area (TPSA) is 97.3 Å². The van der Waals surface area contributed by atoms with Crippen molar-refractivity contribution in [1.82, 2.24) is 19.9 Å². The first kappa shape index (κ1) is 23.4. The second kappa shape index (κ2) is 11.4. The molecule has 8 nitrogen and oxygen atoms in total. The van der Waals surface area contributed by atoms with Gasteiger partial charge in [0.25, 0.3) is 0 Å². The van der Waals surface area contributed by atoms with E-state index in [1.165, 1.54) is 30.7 Å². The number of benzene rings is 2. The number of carbonyl (C=O) groups is 1. The summed E-state index contributed by atoms with van der Waals surface area (Å²) >= 11 is 0. The summed E-state index contributed by atoms with van der Waals surface area (Å²) in [5.74, 6) is 0.519. The van der Waals surface area contributed by atoms with Crippen LogP contribution in [0.15, 0.2) is 70.8 Å².